The smallest absolute Gasteiger partial charge is 0.0233 e. The van der Waals surface area contributed by atoms with E-state index in [0.29, 0.717) is 0 Å². The zero-order valence-electron chi connectivity index (χ0n) is 11.0. The van der Waals surface area contributed by atoms with Crippen molar-refractivity contribution < 1.29 is 0 Å². The molecule has 0 spiro atoms. The maximum atomic E-state index is 3.31. The average molecular weight is 232 g/mol. The van der Waals surface area contributed by atoms with Crippen LogP contribution in [0.3, 0.4) is 0 Å². The largest absolute Gasteiger partial charge is 0.319 e. The predicted octanol–water partition coefficient (Wildman–Crippen LogP) is 2.36. The Bertz CT molecular complexity index is 317. The van der Waals surface area contributed by atoms with E-state index in [1.807, 2.05) is 0 Å². The van der Waals surface area contributed by atoms with Gasteiger partial charge in [-0.25, -0.2) is 0 Å². The molecule has 1 unspecified atom stereocenters. The number of rotatable bonds is 6. The lowest BCUT2D eigenvalue weighted by Crippen LogP contribution is -2.50. The van der Waals surface area contributed by atoms with Crippen LogP contribution in [0.4, 0.5) is 0 Å². The predicted molar refractivity (Wildman–Crippen MR) is 72.9 cm³/mol. The Balaban J connectivity index is 1.75. The summed E-state index contributed by atoms with van der Waals surface area (Å²) in [6, 6.07) is 10.8. The molecule has 1 aromatic carbocycles. The molecule has 1 N–H and O–H groups in total. The average Bonchev–Trinajstić information content (AvgIpc) is 2.32. The van der Waals surface area contributed by atoms with E-state index in [1.54, 1.807) is 0 Å². The number of nitrogens with zero attached hydrogens (tertiary/aromatic N) is 1. The minimum absolute atomic E-state index is 0.854. The van der Waals surface area contributed by atoms with E-state index in [9.17, 15) is 0 Å². The molecule has 2 nitrogen and oxygen atoms in total. The first-order chi connectivity index (χ1) is 8.33. The van der Waals surface area contributed by atoms with Crippen LogP contribution >= 0.6 is 0 Å². The van der Waals surface area contributed by atoms with Crippen LogP contribution in [-0.4, -0.2) is 31.6 Å². The molecule has 2 heteroatoms. The second kappa shape index (κ2) is 6.18. The molecule has 1 atom stereocenters. The second-order valence-electron chi connectivity index (χ2n) is 5.17. The molecule has 94 valence electrons. The summed E-state index contributed by atoms with van der Waals surface area (Å²) < 4.78 is 0. The van der Waals surface area contributed by atoms with Crippen LogP contribution < -0.4 is 5.32 Å². The third kappa shape index (κ3) is 3.30. The molecule has 1 aliphatic heterocycles. The SMILES string of the molecule is CCC(CNC)C1CN(Cc2ccccc2)C1. The van der Waals surface area contributed by atoms with Crippen LogP contribution in [0.5, 0.6) is 0 Å². The quantitative estimate of drug-likeness (QED) is 0.810. The van der Waals surface area contributed by atoms with Crippen molar-refractivity contribution in [1.29, 1.82) is 0 Å². The van der Waals surface area contributed by atoms with E-state index >= 15 is 0 Å². The van der Waals surface area contributed by atoms with E-state index in [-0.39, 0.29) is 0 Å². The molecule has 0 radical (unpaired) electrons. The highest BCUT2D eigenvalue weighted by Gasteiger charge is 2.31. The molecule has 1 saturated heterocycles. The Morgan fingerprint density at radius 1 is 1.29 bits per heavy atom. The third-order valence-corrected chi connectivity index (χ3v) is 3.89. The van der Waals surface area contributed by atoms with Crippen molar-refractivity contribution in [3.63, 3.8) is 0 Å². The number of likely N-dealkylation sites (tertiary alicyclic amines) is 1. The minimum atomic E-state index is 0.854. The van der Waals surface area contributed by atoms with Gasteiger partial charge in [-0.1, -0.05) is 43.7 Å². The molecule has 1 fully saturated rings. The molecule has 1 heterocycles. The molecule has 1 aliphatic rings. The van der Waals surface area contributed by atoms with Gasteiger partial charge in [0.25, 0.3) is 0 Å². The highest BCUT2D eigenvalue weighted by Crippen LogP contribution is 2.27. The van der Waals surface area contributed by atoms with Crippen molar-refractivity contribution in [1.82, 2.24) is 10.2 Å². The summed E-state index contributed by atoms with van der Waals surface area (Å²) in [5.74, 6) is 1.75. The molecule has 2 rings (SSSR count). The maximum Gasteiger partial charge on any atom is 0.0233 e. The summed E-state index contributed by atoms with van der Waals surface area (Å²) in [5, 5.41) is 3.31. The first-order valence-corrected chi connectivity index (χ1v) is 6.74. The molecular formula is C15H24N2. The van der Waals surface area contributed by atoms with E-state index in [4.69, 9.17) is 0 Å². The highest BCUT2D eigenvalue weighted by molar-refractivity contribution is 5.14. The summed E-state index contributed by atoms with van der Waals surface area (Å²) in [6.07, 6.45) is 1.30. The fraction of sp³-hybridized carbons (Fsp3) is 0.600. The van der Waals surface area contributed by atoms with Gasteiger partial charge >= 0.3 is 0 Å². The van der Waals surface area contributed by atoms with E-state index < -0.39 is 0 Å². The van der Waals surface area contributed by atoms with Gasteiger partial charge in [0, 0.05) is 19.6 Å². The Morgan fingerprint density at radius 3 is 2.59 bits per heavy atom. The second-order valence-corrected chi connectivity index (χ2v) is 5.17. The topological polar surface area (TPSA) is 15.3 Å². The van der Waals surface area contributed by atoms with Crippen molar-refractivity contribution in [2.24, 2.45) is 11.8 Å². The Morgan fingerprint density at radius 2 is 2.00 bits per heavy atom. The van der Waals surface area contributed by atoms with Crippen LogP contribution in [0, 0.1) is 11.8 Å². The lowest BCUT2D eigenvalue weighted by molar-refractivity contribution is 0.0491. The van der Waals surface area contributed by atoms with Crippen LogP contribution in [0.1, 0.15) is 18.9 Å². The zero-order valence-corrected chi connectivity index (χ0v) is 11.0. The van der Waals surface area contributed by atoms with Crippen molar-refractivity contribution in [2.45, 2.75) is 19.9 Å². The van der Waals surface area contributed by atoms with Gasteiger partial charge in [0.2, 0.25) is 0 Å². The van der Waals surface area contributed by atoms with Crippen molar-refractivity contribution >= 4 is 0 Å². The molecule has 0 bridgehead atoms. The van der Waals surface area contributed by atoms with Crippen LogP contribution in [0.2, 0.25) is 0 Å². The van der Waals surface area contributed by atoms with Gasteiger partial charge in [0.15, 0.2) is 0 Å². The van der Waals surface area contributed by atoms with Crippen LogP contribution in [0.25, 0.3) is 0 Å². The fourth-order valence-corrected chi connectivity index (χ4v) is 2.79. The van der Waals surface area contributed by atoms with Gasteiger partial charge in [0.05, 0.1) is 0 Å². The van der Waals surface area contributed by atoms with Crippen molar-refractivity contribution in [2.75, 3.05) is 26.7 Å². The Labute approximate surface area is 105 Å². The fourth-order valence-electron chi connectivity index (χ4n) is 2.79. The summed E-state index contributed by atoms with van der Waals surface area (Å²) in [6.45, 7) is 7.14. The summed E-state index contributed by atoms with van der Waals surface area (Å²) >= 11 is 0. The zero-order chi connectivity index (χ0) is 12.1. The van der Waals surface area contributed by atoms with Gasteiger partial charge < -0.3 is 5.32 Å². The van der Waals surface area contributed by atoms with Gasteiger partial charge in [-0.05, 0) is 31.0 Å². The van der Waals surface area contributed by atoms with E-state index in [2.05, 4.69) is 54.5 Å². The van der Waals surface area contributed by atoms with Crippen molar-refractivity contribution in [3.05, 3.63) is 35.9 Å². The molecular weight excluding hydrogens is 208 g/mol. The third-order valence-electron chi connectivity index (χ3n) is 3.89. The standard InChI is InChI=1S/C15H24N2/c1-3-14(9-16-2)15-11-17(12-15)10-13-7-5-4-6-8-13/h4-8,14-16H,3,9-12H2,1-2H3. The lowest BCUT2D eigenvalue weighted by Gasteiger charge is -2.43. The van der Waals surface area contributed by atoms with Gasteiger partial charge in [-0.15, -0.1) is 0 Å². The maximum absolute atomic E-state index is 3.31. The summed E-state index contributed by atoms with van der Waals surface area (Å²) in [4.78, 5) is 2.55. The number of benzene rings is 1. The van der Waals surface area contributed by atoms with Crippen LogP contribution in [0.15, 0.2) is 30.3 Å². The monoisotopic (exact) mass is 232 g/mol. The van der Waals surface area contributed by atoms with Gasteiger partial charge in [-0.2, -0.15) is 0 Å². The molecule has 0 amide bonds. The number of nitrogens with one attached hydrogen (secondary N) is 1. The molecule has 1 aromatic rings. The molecule has 0 saturated carbocycles. The molecule has 0 aliphatic carbocycles. The lowest BCUT2D eigenvalue weighted by atomic mass is 9.83. The summed E-state index contributed by atoms with van der Waals surface area (Å²) in [5.41, 5.74) is 1.44. The first-order valence-electron chi connectivity index (χ1n) is 6.74. The Kier molecular flexibility index (Phi) is 4.57. The summed E-state index contributed by atoms with van der Waals surface area (Å²) in [7, 11) is 2.06. The number of hydrogen-bond acceptors (Lipinski definition) is 2. The molecule has 0 aromatic heterocycles. The Hall–Kier alpha value is -0.860. The highest BCUT2D eigenvalue weighted by atomic mass is 15.2. The normalized spacial score (nSPS) is 18.9. The van der Waals surface area contributed by atoms with Crippen molar-refractivity contribution in [3.8, 4) is 0 Å². The van der Waals surface area contributed by atoms with Gasteiger partial charge in [0.1, 0.15) is 0 Å². The van der Waals surface area contributed by atoms with Crippen LogP contribution in [-0.2, 0) is 6.54 Å². The van der Waals surface area contributed by atoms with E-state index in [1.165, 1.54) is 31.6 Å². The van der Waals surface area contributed by atoms with Gasteiger partial charge in [-0.3, -0.25) is 4.90 Å². The number of hydrogen-bond donors (Lipinski definition) is 1. The minimum Gasteiger partial charge on any atom is -0.319 e. The first kappa shape index (κ1) is 12.6. The molecule has 17 heavy (non-hydrogen) atoms. The van der Waals surface area contributed by atoms with E-state index in [0.717, 1.165) is 18.4 Å².